The molecule has 0 saturated heterocycles. The average molecular weight is 534 g/mol. The Morgan fingerprint density at radius 2 is 1.43 bits per heavy atom. The Bertz CT molecular complexity index is 2700. The Kier molecular flexibility index (Phi) is 3.57. The van der Waals surface area contributed by atoms with E-state index in [0.717, 1.165) is 42.7 Å². The molecule has 40 heavy (non-hydrogen) atoms. The summed E-state index contributed by atoms with van der Waals surface area (Å²) in [4.78, 5) is 14.6. The summed E-state index contributed by atoms with van der Waals surface area (Å²) in [6.45, 7) is 0. The number of rotatable bonds is 2. The SMILES string of the molecule is [2H]c1c([2H])c([2H])c(-c2nc(-n3c4ccccc4c4c5ccccc5c5sc6ccccc6c5c43)nc3cccnc23)c([2H])c1[2H]. The molecule has 0 aliphatic carbocycles. The van der Waals surface area contributed by atoms with Gasteiger partial charge in [0.05, 0.1) is 23.4 Å². The van der Waals surface area contributed by atoms with Crippen LogP contribution in [0.5, 0.6) is 0 Å². The minimum Gasteiger partial charge on any atom is -0.277 e. The van der Waals surface area contributed by atoms with Gasteiger partial charge in [-0.3, -0.25) is 9.55 Å². The predicted molar refractivity (Wildman–Crippen MR) is 168 cm³/mol. The highest BCUT2D eigenvalue weighted by Gasteiger charge is 2.23. The van der Waals surface area contributed by atoms with Gasteiger partial charge in [0.15, 0.2) is 0 Å². The molecule has 0 bridgehead atoms. The summed E-state index contributed by atoms with van der Waals surface area (Å²) >= 11 is 1.76. The predicted octanol–water partition coefficient (Wildman–Crippen LogP) is 9.31. The van der Waals surface area contributed by atoms with Crippen LogP contribution in [0.1, 0.15) is 6.85 Å². The van der Waals surface area contributed by atoms with E-state index in [2.05, 4.69) is 64.1 Å². The molecule has 4 heterocycles. The number of fused-ring (bicyclic) bond motifs is 11. The molecule has 0 aliphatic rings. The summed E-state index contributed by atoms with van der Waals surface area (Å²) in [5.41, 5.74) is 2.89. The van der Waals surface area contributed by atoms with Crippen LogP contribution in [-0.2, 0) is 0 Å². The molecule has 0 radical (unpaired) electrons. The van der Waals surface area contributed by atoms with Gasteiger partial charge in [-0.25, -0.2) is 9.97 Å². The van der Waals surface area contributed by atoms with E-state index < -0.39 is 18.1 Å². The zero-order chi connectivity index (χ0) is 30.6. The van der Waals surface area contributed by atoms with Crippen molar-refractivity contribution in [2.45, 2.75) is 0 Å². The third kappa shape index (κ3) is 2.92. The van der Waals surface area contributed by atoms with Crippen LogP contribution in [0.15, 0.2) is 121 Å². The molecule has 0 unspecified atom stereocenters. The van der Waals surface area contributed by atoms with Crippen molar-refractivity contribution in [3.63, 3.8) is 0 Å². The van der Waals surface area contributed by atoms with Gasteiger partial charge in [-0.1, -0.05) is 90.9 Å². The maximum Gasteiger partial charge on any atom is 0.235 e. The van der Waals surface area contributed by atoms with Crippen molar-refractivity contribution in [2.24, 2.45) is 0 Å². The van der Waals surface area contributed by atoms with Crippen LogP contribution in [0.25, 0.3) is 81.0 Å². The summed E-state index contributed by atoms with van der Waals surface area (Å²) in [5, 5.41) is 6.64. The number of thiophene rings is 1. The fourth-order valence-electron chi connectivity index (χ4n) is 5.92. The Morgan fingerprint density at radius 1 is 0.675 bits per heavy atom. The molecule has 0 atom stereocenters. The molecule has 4 aromatic heterocycles. The highest BCUT2D eigenvalue weighted by molar-refractivity contribution is 7.27. The van der Waals surface area contributed by atoms with Gasteiger partial charge in [0, 0.05) is 48.1 Å². The van der Waals surface area contributed by atoms with E-state index in [-0.39, 0.29) is 23.3 Å². The molecular weight excluding hydrogens is 508 g/mol. The Hall–Kier alpha value is -5.13. The number of pyridine rings is 1. The Morgan fingerprint density at radius 3 is 2.30 bits per heavy atom. The first-order valence-electron chi connectivity index (χ1n) is 15.4. The fraction of sp³-hybridized carbons (Fsp3) is 0. The third-order valence-electron chi connectivity index (χ3n) is 7.53. The van der Waals surface area contributed by atoms with E-state index in [1.165, 1.54) is 10.1 Å². The van der Waals surface area contributed by atoms with Gasteiger partial charge in [0.25, 0.3) is 0 Å². The molecule has 9 aromatic rings. The van der Waals surface area contributed by atoms with E-state index in [9.17, 15) is 0 Å². The van der Waals surface area contributed by atoms with Gasteiger partial charge < -0.3 is 0 Å². The van der Waals surface area contributed by atoms with Crippen molar-refractivity contribution >= 4 is 75.1 Å². The van der Waals surface area contributed by atoms with Gasteiger partial charge in [0.1, 0.15) is 11.2 Å². The van der Waals surface area contributed by atoms with Gasteiger partial charge in [-0.2, -0.15) is 0 Å². The smallest absolute Gasteiger partial charge is 0.235 e. The number of nitrogens with zero attached hydrogens (tertiary/aromatic N) is 4. The fourth-order valence-corrected chi connectivity index (χ4v) is 7.17. The largest absolute Gasteiger partial charge is 0.277 e. The zero-order valence-corrected chi connectivity index (χ0v) is 21.7. The van der Waals surface area contributed by atoms with Crippen molar-refractivity contribution in [1.29, 1.82) is 0 Å². The first-order valence-corrected chi connectivity index (χ1v) is 13.7. The highest BCUT2D eigenvalue weighted by atomic mass is 32.1. The van der Waals surface area contributed by atoms with Crippen molar-refractivity contribution in [3.8, 4) is 17.2 Å². The molecule has 9 rings (SSSR count). The molecule has 0 amide bonds. The monoisotopic (exact) mass is 533 g/mol. The topological polar surface area (TPSA) is 43.6 Å². The van der Waals surface area contributed by atoms with Crippen LogP contribution < -0.4 is 0 Å². The van der Waals surface area contributed by atoms with E-state index >= 15 is 0 Å². The normalized spacial score (nSPS) is 13.8. The van der Waals surface area contributed by atoms with Crippen molar-refractivity contribution in [2.75, 3.05) is 0 Å². The van der Waals surface area contributed by atoms with Gasteiger partial charge in [0.2, 0.25) is 5.95 Å². The molecule has 0 fully saturated rings. The quantitative estimate of drug-likeness (QED) is 0.222. The first-order chi connectivity index (χ1) is 21.9. The third-order valence-corrected chi connectivity index (χ3v) is 8.73. The lowest BCUT2D eigenvalue weighted by molar-refractivity contribution is 1.01. The van der Waals surface area contributed by atoms with Crippen LogP contribution in [0, 0.1) is 0 Å². The zero-order valence-electron chi connectivity index (χ0n) is 25.9. The molecular formula is C35H20N4S. The van der Waals surface area contributed by atoms with Gasteiger partial charge in [-0.15, -0.1) is 11.3 Å². The summed E-state index contributed by atoms with van der Waals surface area (Å²) in [5.74, 6) is 0.329. The van der Waals surface area contributed by atoms with Crippen LogP contribution >= 0.6 is 11.3 Å². The number of aromatic nitrogens is 4. The standard InChI is InChI=1S/C35H20N4S/c1-2-11-21(12-3-1)31-32-26(17-10-20-36-32)37-35(38-31)39-27-18-8-6-15-24(27)29-22-13-4-5-14-23(22)34-30(33(29)39)25-16-7-9-19-28(25)40-34/h1-20H/i1D,2D,3D,11D,12D. The molecule has 0 spiro atoms. The lowest BCUT2D eigenvalue weighted by Gasteiger charge is -2.12. The van der Waals surface area contributed by atoms with Crippen LogP contribution in [0.2, 0.25) is 0 Å². The average Bonchev–Trinajstić information content (AvgIpc) is 3.63. The summed E-state index contributed by atoms with van der Waals surface area (Å²) < 4.78 is 46.8. The summed E-state index contributed by atoms with van der Waals surface area (Å²) in [6.07, 6.45) is 1.60. The van der Waals surface area contributed by atoms with E-state index in [0.29, 0.717) is 17.0 Å². The Labute approximate surface area is 239 Å². The van der Waals surface area contributed by atoms with Gasteiger partial charge >= 0.3 is 0 Å². The number of hydrogen-bond acceptors (Lipinski definition) is 4. The number of benzene rings is 5. The minimum atomic E-state index is -0.457. The van der Waals surface area contributed by atoms with E-state index in [1.54, 1.807) is 23.6 Å². The van der Waals surface area contributed by atoms with E-state index in [1.807, 2.05) is 24.3 Å². The maximum absolute atomic E-state index is 8.76. The molecule has 4 nitrogen and oxygen atoms in total. The molecule has 0 saturated carbocycles. The first kappa shape index (κ1) is 17.5. The minimum absolute atomic E-state index is 0.00861. The highest BCUT2D eigenvalue weighted by Crippen LogP contribution is 2.47. The molecule has 0 N–H and O–H groups in total. The van der Waals surface area contributed by atoms with E-state index in [4.69, 9.17) is 16.8 Å². The molecule has 5 heteroatoms. The van der Waals surface area contributed by atoms with Gasteiger partial charge in [-0.05, 0) is 29.7 Å². The second-order valence-corrected chi connectivity index (χ2v) is 10.7. The maximum atomic E-state index is 8.76. The van der Waals surface area contributed by atoms with Crippen molar-refractivity contribution in [3.05, 3.63) is 121 Å². The Balaban J connectivity index is 1.53. The molecule has 186 valence electrons. The molecule has 5 aromatic carbocycles. The van der Waals surface area contributed by atoms with Crippen molar-refractivity contribution in [1.82, 2.24) is 19.5 Å². The lowest BCUT2D eigenvalue weighted by Crippen LogP contribution is -2.04. The molecule has 0 aliphatic heterocycles. The summed E-state index contributed by atoms with van der Waals surface area (Å²) in [6, 6.07) is 26.6. The number of para-hydroxylation sites is 1. The lowest BCUT2D eigenvalue weighted by atomic mass is 10.00. The van der Waals surface area contributed by atoms with Crippen molar-refractivity contribution < 1.29 is 6.85 Å². The number of hydrogen-bond donors (Lipinski definition) is 0. The second kappa shape index (κ2) is 8.18. The van der Waals surface area contributed by atoms with Crippen LogP contribution in [0.3, 0.4) is 0 Å². The van der Waals surface area contributed by atoms with Crippen LogP contribution in [0.4, 0.5) is 0 Å². The second-order valence-electron chi connectivity index (χ2n) is 9.67. The van der Waals surface area contributed by atoms with Crippen LogP contribution in [-0.4, -0.2) is 19.5 Å². The summed E-state index contributed by atoms with van der Waals surface area (Å²) in [7, 11) is 0.